The second kappa shape index (κ2) is 22.8. The molecule has 1 rings (SSSR count). The molecule has 0 spiro atoms. The average molecular weight is 338 g/mol. The Morgan fingerprint density at radius 3 is 0.900 bits per heavy atom. The number of rotatable bonds is 0. The van der Waals surface area contributed by atoms with Gasteiger partial charge in [0.2, 0.25) is 0 Å². The first-order valence-corrected chi connectivity index (χ1v) is 2.97. The maximum Gasteiger partial charge on any atom is 0 e. The molecule has 0 amide bonds. The zero-order valence-electron chi connectivity index (χ0n) is 8.81. The predicted octanol–water partition coefficient (Wildman–Crippen LogP) is 1.74. The topological polar surface area (TPSA) is 99.5 Å². The summed E-state index contributed by atoms with van der Waals surface area (Å²) in [4.78, 5) is 0. The van der Waals surface area contributed by atoms with Gasteiger partial charge < -0.3 is 6.08 Å². The number of alkyl halides is 4. The third-order valence-corrected chi connectivity index (χ3v) is 0.937. The van der Waals surface area contributed by atoms with Gasteiger partial charge in [0, 0.05) is 17.1 Å². The third-order valence-electron chi connectivity index (χ3n) is 0.937. The molecule has 0 saturated heterocycles. The molecule has 0 aromatic carbocycles. The molecule has 0 aliphatic heterocycles. The number of hydrogen-bond donors (Lipinski definition) is 0. The normalized spacial score (nSPS) is 13.4. The molecule has 0 heterocycles. The Labute approximate surface area is 120 Å². The molecule has 5 nitrogen and oxygen atoms in total. The Hall–Kier alpha value is -1.39. The molecule has 1 aliphatic carbocycles. The van der Waals surface area contributed by atoms with E-state index in [9.17, 15) is 22.0 Å². The standard InChI is InChI=1S/C4F5.5CO.Mn/c5-2-1-3(6,7)4(2,8)9;5*1-2;/q-1;;;;;;. The number of halogens is 5. The third kappa shape index (κ3) is 11.7. The summed E-state index contributed by atoms with van der Waals surface area (Å²) in [7, 11) is 0. The second-order valence-corrected chi connectivity index (χ2v) is 1.59. The van der Waals surface area contributed by atoms with Gasteiger partial charge in [-0.2, -0.15) is 8.78 Å². The van der Waals surface area contributed by atoms with Crippen molar-refractivity contribution in [1.29, 1.82) is 0 Å². The van der Waals surface area contributed by atoms with Crippen LogP contribution in [0.4, 0.5) is 22.0 Å². The van der Waals surface area contributed by atoms with Crippen LogP contribution in [0.3, 0.4) is 0 Å². The largest absolute Gasteiger partial charge is 0 e. The fraction of sp³-hybridized carbons (Fsp3) is 0.222. The first kappa shape index (κ1) is 36.3. The molecular formula is C9F5MnO5-. The summed E-state index contributed by atoms with van der Waals surface area (Å²) < 4.78 is 94.7. The van der Waals surface area contributed by atoms with Gasteiger partial charge in [-0.05, 0) is 5.83 Å². The van der Waals surface area contributed by atoms with Crippen molar-refractivity contribution in [3.05, 3.63) is 45.2 Å². The predicted molar refractivity (Wildman–Crippen MR) is 37.4 cm³/mol. The van der Waals surface area contributed by atoms with Gasteiger partial charge in [-0.15, -0.1) is 0 Å². The molecule has 1 aliphatic rings. The van der Waals surface area contributed by atoms with Crippen molar-refractivity contribution in [2.24, 2.45) is 0 Å². The molecule has 0 aromatic heterocycles. The molecule has 0 aromatic rings. The Morgan fingerprint density at radius 1 is 0.700 bits per heavy atom. The monoisotopic (exact) mass is 338 g/mol. The van der Waals surface area contributed by atoms with Crippen molar-refractivity contribution < 1.29 is 62.3 Å². The van der Waals surface area contributed by atoms with E-state index in [0.717, 1.165) is 0 Å². The summed E-state index contributed by atoms with van der Waals surface area (Å²) in [6, 6.07) is 0. The van der Waals surface area contributed by atoms with E-state index in [1.54, 1.807) is 0 Å². The quantitative estimate of drug-likeness (QED) is 0.278. The van der Waals surface area contributed by atoms with Crippen molar-refractivity contribution in [1.82, 2.24) is 0 Å². The van der Waals surface area contributed by atoms with E-state index in [1.807, 2.05) is 0 Å². The number of hydrogen-bond acceptors (Lipinski definition) is 0. The van der Waals surface area contributed by atoms with Crippen molar-refractivity contribution in [2.75, 3.05) is 0 Å². The first-order valence-electron chi connectivity index (χ1n) is 2.97. The minimum atomic E-state index is -4.62. The van der Waals surface area contributed by atoms with E-state index >= 15 is 0 Å². The molecule has 0 unspecified atom stereocenters. The molecule has 109 valence electrons. The Balaban J connectivity index is -0.0000000384. The van der Waals surface area contributed by atoms with Crippen molar-refractivity contribution in [2.45, 2.75) is 11.8 Å². The Kier molecular flexibility index (Phi) is 41.3. The molecule has 0 N–H and O–H groups in total. The van der Waals surface area contributed by atoms with E-state index in [1.165, 1.54) is 0 Å². The molecule has 1 radical (unpaired) electrons. The first-order chi connectivity index (χ1) is 8.88. The second-order valence-electron chi connectivity index (χ2n) is 1.59. The molecule has 0 saturated carbocycles. The maximum atomic E-state index is 11.5. The van der Waals surface area contributed by atoms with E-state index in [4.69, 9.17) is 23.3 Å². The van der Waals surface area contributed by atoms with Crippen LogP contribution in [0, 0.1) is 39.3 Å². The minimum Gasteiger partial charge on any atom is 0 e. The van der Waals surface area contributed by atoms with Gasteiger partial charge in [0.05, 0.1) is 0 Å². The zero-order valence-corrected chi connectivity index (χ0v) is 9.99. The fourth-order valence-corrected chi connectivity index (χ4v) is 0.370. The van der Waals surface area contributed by atoms with Crippen LogP contribution in [0.2, 0.25) is 0 Å². The van der Waals surface area contributed by atoms with Gasteiger partial charge >= 0.3 is 62.4 Å². The van der Waals surface area contributed by atoms with Crippen LogP contribution in [0.5, 0.6) is 0 Å². The molecule has 0 bridgehead atoms. The van der Waals surface area contributed by atoms with E-state index in [0.29, 0.717) is 6.08 Å². The molecule has 0 fully saturated rings. The van der Waals surface area contributed by atoms with Gasteiger partial charge in [-0.1, -0.05) is 0 Å². The van der Waals surface area contributed by atoms with Crippen LogP contribution in [0.25, 0.3) is 0 Å². The summed E-state index contributed by atoms with van der Waals surface area (Å²) in [5.74, 6) is -11.2. The van der Waals surface area contributed by atoms with Crippen LogP contribution in [0.1, 0.15) is 0 Å². The van der Waals surface area contributed by atoms with Gasteiger partial charge in [-0.25, -0.2) is 13.2 Å². The smallest absolute Gasteiger partial charge is 0 e. The zero-order chi connectivity index (χ0) is 17.3. The summed E-state index contributed by atoms with van der Waals surface area (Å²) in [5.41, 5.74) is 0. The molecule has 11 heteroatoms. The summed E-state index contributed by atoms with van der Waals surface area (Å²) >= 11 is 0. The fourth-order valence-electron chi connectivity index (χ4n) is 0.370. The Morgan fingerprint density at radius 2 is 0.900 bits per heavy atom. The van der Waals surface area contributed by atoms with Crippen molar-refractivity contribution in [3.8, 4) is 0 Å². The van der Waals surface area contributed by atoms with Crippen LogP contribution in [-0.2, 0) is 40.3 Å². The number of allylic oxidation sites excluding steroid dienone is 2. The SMILES string of the molecule is FC1=[C-]C(F)(F)C1(F)F.[C-]#[O+].[C-]#[O+].[C-]#[O+].[C-]#[O+].[C-]#[O+].[Mn]. The Bertz CT molecular complexity index is 321. The molecule has 20 heavy (non-hydrogen) atoms. The van der Waals surface area contributed by atoms with Crippen molar-refractivity contribution >= 4 is 0 Å². The summed E-state index contributed by atoms with van der Waals surface area (Å²) in [6.45, 7) is 22.5. The average Bonchev–Trinajstić information content (AvgIpc) is 2.49. The maximum absolute atomic E-state index is 11.5. The van der Waals surface area contributed by atoms with Crippen LogP contribution < -0.4 is 0 Å². The van der Waals surface area contributed by atoms with Gasteiger partial charge in [-0.3, -0.25) is 0 Å². The van der Waals surface area contributed by atoms with E-state index < -0.39 is 17.7 Å². The van der Waals surface area contributed by atoms with Crippen LogP contribution in [0.15, 0.2) is 5.83 Å². The van der Waals surface area contributed by atoms with Gasteiger partial charge in [0.1, 0.15) is 0 Å². The van der Waals surface area contributed by atoms with E-state index in [2.05, 4.69) is 33.3 Å². The van der Waals surface area contributed by atoms with Gasteiger partial charge in [0.15, 0.2) is 5.92 Å². The van der Waals surface area contributed by atoms with Gasteiger partial charge in [0.25, 0.3) is 0 Å². The van der Waals surface area contributed by atoms with Crippen LogP contribution >= 0.6 is 0 Å². The summed E-state index contributed by atoms with van der Waals surface area (Å²) in [5, 5.41) is 0. The van der Waals surface area contributed by atoms with Crippen molar-refractivity contribution in [3.63, 3.8) is 0 Å². The summed E-state index contributed by atoms with van der Waals surface area (Å²) in [6.07, 6.45) is 0.639. The van der Waals surface area contributed by atoms with Crippen LogP contribution in [-0.4, -0.2) is 11.8 Å². The molecule has 0 atom stereocenters. The minimum absolute atomic E-state index is 0. The molecular weight excluding hydrogens is 338 g/mol. The van der Waals surface area contributed by atoms with E-state index in [-0.39, 0.29) is 17.1 Å².